The van der Waals surface area contributed by atoms with Crippen molar-refractivity contribution >= 4 is 27.5 Å². The summed E-state index contributed by atoms with van der Waals surface area (Å²) in [5.74, 6) is 0.0644. The maximum Gasteiger partial charge on any atom is 0.149 e. The van der Waals surface area contributed by atoms with E-state index in [-0.39, 0.29) is 10.4 Å². The van der Waals surface area contributed by atoms with Crippen molar-refractivity contribution in [3.05, 3.63) is 33.0 Å². The summed E-state index contributed by atoms with van der Waals surface area (Å²) < 4.78 is 14.8. The number of hydrogen-bond acceptors (Lipinski definition) is 1. The van der Waals surface area contributed by atoms with Gasteiger partial charge in [0.1, 0.15) is 5.82 Å². The molecule has 1 saturated carbocycles. The highest BCUT2D eigenvalue weighted by Gasteiger charge is 2.40. The molecule has 20 heavy (non-hydrogen) atoms. The second kappa shape index (κ2) is 5.58. The van der Waals surface area contributed by atoms with Gasteiger partial charge in [0.25, 0.3) is 0 Å². The smallest absolute Gasteiger partial charge is 0.149 e. The van der Waals surface area contributed by atoms with Crippen LogP contribution in [0.3, 0.4) is 0 Å². The van der Waals surface area contributed by atoms with E-state index in [4.69, 9.17) is 11.6 Å². The zero-order valence-corrected chi connectivity index (χ0v) is 14.5. The lowest BCUT2D eigenvalue weighted by Gasteiger charge is -2.41. The number of benzene rings is 1. The van der Waals surface area contributed by atoms with Gasteiger partial charge in [-0.05, 0) is 59.0 Å². The van der Waals surface area contributed by atoms with Crippen molar-refractivity contribution in [2.45, 2.75) is 52.1 Å². The normalized spacial score (nSPS) is 27.6. The maximum absolute atomic E-state index is 14.3. The van der Waals surface area contributed by atoms with Crippen LogP contribution in [-0.2, 0) is 5.60 Å². The van der Waals surface area contributed by atoms with Crippen LogP contribution < -0.4 is 0 Å². The van der Waals surface area contributed by atoms with E-state index in [9.17, 15) is 9.50 Å². The zero-order valence-electron chi connectivity index (χ0n) is 12.1. The van der Waals surface area contributed by atoms with Gasteiger partial charge in [-0.1, -0.05) is 38.4 Å². The van der Waals surface area contributed by atoms with Gasteiger partial charge in [0.2, 0.25) is 0 Å². The highest BCUT2D eigenvalue weighted by Crippen LogP contribution is 2.47. The Hall–Kier alpha value is -0.120. The monoisotopic (exact) mass is 362 g/mol. The molecule has 0 amide bonds. The quantitative estimate of drug-likeness (QED) is 0.638. The average molecular weight is 364 g/mol. The molecule has 1 fully saturated rings. The van der Waals surface area contributed by atoms with E-state index in [2.05, 4.69) is 36.7 Å². The largest absolute Gasteiger partial charge is 0.385 e. The number of aliphatic hydroxyl groups is 1. The summed E-state index contributed by atoms with van der Waals surface area (Å²) in [7, 11) is 0. The first kappa shape index (κ1) is 16.3. The van der Waals surface area contributed by atoms with Crippen LogP contribution >= 0.6 is 27.5 Å². The summed E-state index contributed by atoms with van der Waals surface area (Å²) >= 11 is 9.14. The lowest BCUT2D eigenvalue weighted by Crippen LogP contribution is -2.36. The summed E-state index contributed by atoms with van der Waals surface area (Å²) in [5, 5.41) is 10.9. The highest BCUT2D eigenvalue weighted by atomic mass is 79.9. The van der Waals surface area contributed by atoms with E-state index >= 15 is 0 Å². The molecule has 1 aliphatic rings. The van der Waals surface area contributed by atoms with Crippen LogP contribution in [0.5, 0.6) is 0 Å². The number of halogens is 3. The molecule has 2 rings (SSSR count). The van der Waals surface area contributed by atoms with Crippen LogP contribution in [0, 0.1) is 17.2 Å². The van der Waals surface area contributed by atoms with Crippen molar-refractivity contribution in [1.82, 2.24) is 0 Å². The molecule has 0 saturated heterocycles. The minimum absolute atomic E-state index is 0.0499. The molecule has 4 heteroatoms. The number of rotatable bonds is 1. The lowest BCUT2D eigenvalue weighted by molar-refractivity contribution is -0.0322. The summed E-state index contributed by atoms with van der Waals surface area (Å²) in [6.07, 6.45) is 2.99. The molecule has 1 aliphatic carbocycles. The first-order valence-electron chi connectivity index (χ1n) is 7.01. The van der Waals surface area contributed by atoms with Crippen molar-refractivity contribution in [3.8, 4) is 0 Å². The molecule has 0 heterocycles. The van der Waals surface area contributed by atoms with Crippen molar-refractivity contribution in [3.63, 3.8) is 0 Å². The van der Waals surface area contributed by atoms with Gasteiger partial charge in [0, 0.05) is 10.0 Å². The number of hydrogen-bond donors (Lipinski definition) is 1. The Morgan fingerprint density at radius 2 is 1.85 bits per heavy atom. The molecule has 0 radical (unpaired) electrons. The van der Waals surface area contributed by atoms with Crippen LogP contribution in [0.25, 0.3) is 0 Å². The van der Waals surface area contributed by atoms with Gasteiger partial charge in [-0.3, -0.25) is 0 Å². The van der Waals surface area contributed by atoms with Gasteiger partial charge in [0.05, 0.1) is 10.6 Å². The molecular formula is C16H21BrClFO. The summed E-state index contributed by atoms with van der Waals surface area (Å²) in [6.45, 7) is 6.66. The topological polar surface area (TPSA) is 20.2 Å². The van der Waals surface area contributed by atoms with E-state index in [1.807, 2.05) is 0 Å². The molecule has 0 unspecified atom stereocenters. The fourth-order valence-electron chi connectivity index (χ4n) is 3.12. The van der Waals surface area contributed by atoms with E-state index in [1.54, 1.807) is 12.1 Å². The Morgan fingerprint density at radius 3 is 2.35 bits per heavy atom. The molecular weight excluding hydrogens is 343 g/mol. The predicted octanol–water partition coefficient (Wildman–Crippen LogP) is 5.67. The second-order valence-corrected chi connectivity index (χ2v) is 8.13. The third kappa shape index (κ3) is 3.05. The van der Waals surface area contributed by atoms with Crippen molar-refractivity contribution in [2.24, 2.45) is 11.3 Å². The molecule has 112 valence electrons. The fraction of sp³-hybridized carbons (Fsp3) is 0.625. The van der Waals surface area contributed by atoms with Crippen LogP contribution in [0.1, 0.15) is 52.0 Å². The van der Waals surface area contributed by atoms with E-state index < -0.39 is 11.4 Å². The van der Waals surface area contributed by atoms with Gasteiger partial charge in [0.15, 0.2) is 0 Å². The molecule has 1 nitrogen and oxygen atoms in total. The van der Waals surface area contributed by atoms with Gasteiger partial charge in [-0.2, -0.15) is 0 Å². The van der Waals surface area contributed by atoms with Crippen molar-refractivity contribution in [2.75, 3.05) is 0 Å². The molecule has 1 aromatic carbocycles. The Morgan fingerprint density at radius 1 is 1.30 bits per heavy atom. The van der Waals surface area contributed by atoms with Gasteiger partial charge in [-0.15, -0.1) is 0 Å². The Kier molecular flexibility index (Phi) is 4.54. The Bertz CT molecular complexity index is 502. The molecule has 0 atom stereocenters. The summed E-state index contributed by atoms with van der Waals surface area (Å²) in [4.78, 5) is 0. The van der Waals surface area contributed by atoms with Crippen molar-refractivity contribution < 1.29 is 9.50 Å². The third-order valence-electron chi connectivity index (χ3n) is 4.57. The first-order chi connectivity index (χ1) is 9.15. The minimum atomic E-state index is -1.09. The molecule has 0 bridgehead atoms. The van der Waals surface area contributed by atoms with Crippen LogP contribution in [0.15, 0.2) is 16.6 Å². The molecule has 0 aromatic heterocycles. The van der Waals surface area contributed by atoms with Gasteiger partial charge >= 0.3 is 0 Å². The SMILES string of the molecule is CC(C)(C)C1CCC(O)(c2ccc(Br)c(Cl)c2F)CC1. The van der Waals surface area contributed by atoms with Crippen molar-refractivity contribution in [1.29, 1.82) is 0 Å². The fourth-order valence-corrected chi connectivity index (χ4v) is 3.59. The summed E-state index contributed by atoms with van der Waals surface area (Å²) in [6, 6.07) is 3.34. The summed E-state index contributed by atoms with van der Waals surface area (Å²) in [5.41, 5.74) is -0.522. The third-order valence-corrected chi connectivity index (χ3v) is 5.83. The van der Waals surface area contributed by atoms with Crippen LogP contribution in [-0.4, -0.2) is 5.11 Å². The van der Waals surface area contributed by atoms with Crippen LogP contribution in [0.4, 0.5) is 4.39 Å². The molecule has 0 aliphatic heterocycles. The molecule has 0 spiro atoms. The highest BCUT2D eigenvalue weighted by molar-refractivity contribution is 9.10. The molecule has 1 N–H and O–H groups in total. The van der Waals surface area contributed by atoms with Crippen LogP contribution in [0.2, 0.25) is 5.02 Å². The standard InChI is InChI=1S/C16H21BrClFO/c1-15(2,3)10-6-8-16(20,9-7-10)11-4-5-12(17)13(18)14(11)19/h4-5,10,20H,6-9H2,1-3H3. The first-order valence-corrected chi connectivity index (χ1v) is 8.18. The van der Waals surface area contributed by atoms with Gasteiger partial charge in [-0.25, -0.2) is 4.39 Å². The van der Waals surface area contributed by atoms with E-state index in [1.165, 1.54) is 0 Å². The zero-order chi connectivity index (χ0) is 15.1. The molecule has 1 aromatic rings. The average Bonchev–Trinajstić information content (AvgIpc) is 2.35. The predicted molar refractivity (Wildman–Crippen MR) is 84.4 cm³/mol. The second-order valence-electron chi connectivity index (χ2n) is 6.89. The van der Waals surface area contributed by atoms with E-state index in [0.29, 0.717) is 28.8 Å². The Balaban J connectivity index is 2.25. The van der Waals surface area contributed by atoms with E-state index in [0.717, 1.165) is 12.8 Å². The van der Waals surface area contributed by atoms with Gasteiger partial charge < -0.3 is 5.11 Å². The minimum Gasteiger partial charge on any atom is -0.385 e. The lowest BCUT2D eigenvalue weighted by atomic mass is 9.67. The Labute approximate surface area is 133 Å². The maximum atomic E-state index is 14.3.